The summed E-state index contributed by atoms with van der Waals surface area (Å²) in [7, 11) is 1.45. The number of carbonyl (C=O) groups excluding carboxylic acids is 2. The van der Waals surface area contributed by atoms with Crippen molar-refractivity contribution in [1.82, 2.24) is 0 Å². The number of rotatable bonds is 11. The van der Waals surface area contributed by atoms with E-state index < -0.39 is 0 Å². The molecule has 0 radical (unpaired) electrons. The van der Waals surface area contributed by atoms with Crippen LogP contribution in [-0.2, 0) is 14.3 Å². The van der Waals surface area contributed by atoms with E-state index in [9.17, 15) is 9.59 Å². The van der Waals surface area contributed by atoms with Crippen molar-refractivity contribution < 1.29 is 14.3 Å². The van der Waals surface area contributed by atoms with E-state index in [-0.39, 0.29) is 11.9 Å². The lowest BCUT2D eigenvalue weighted by atomic mass is 9.77. The van der Waals surface area contributed by atoms with Gasteiger partial charge < -0.3 is 4.74 Å². The molecule has 0 aliphatic heterocycles. The number of fused-ring (bicyclic) bond motifs is 5. The number of Topliss-reactive ketones (excluding diaryl/α,β-unsaturated/α-hetero) is 1. The average molecular weight is 373 g/mol. The van der Waals surface area contributed by atoms with E-state index in [2.05, 4.69) is 36.0 Å². The van der Waals surface area contributed by atoms with Crippen molar-refractivity contribution in [2.45, 2.75) is 71.1 Å². The Bertz CT molecular complexity index is 576. The van der Waals surface area contributed by atoms with Crippen molar-refractivity contribution in [2.75, 3.05) is 7.11 Å². The summed E-state index contributed by atoms with van der Waals surface area (Å²) in [6.45, 7) is 2.16. The third-order valence-corrected chi connectivity index (χ3v) is 7.16. The molecule has 6 atom stereocenters. The van der Waals surface area contributed by atoms with Crippen molar-refractivity contribution in [3.63, 3.8) is 0 Å². The molecular formula is C24H36O3. The molecule has 0 aromatic heterocycles. The average Bonchev–Trinajstić information content (AvgIpc) is 3.35. The molecular weight excluding hydrogens is 336 g/mol. The molecule has 0 heterocycles. The van der Waals surface area contributed by atoms with E-state index >= 15 is 0 Å². The number of ketones is 1. The van der Waals surface area contributed by atoms with Gasteiger partial charge in [-0.1, -0.05) is 56.9 Å². The van der Waals surface area contributed by atoms with Crippen LogP contribution in [0.15, 0.2) is 24.3 Å². The van der Waals surface area contributed by atoms with Crippen LogP contribution >= 0.6 is 0 Å². The van der Waals surface area contributed by atoms with Gasteiger partial charge in [0.25, 0.3) is 0 Å². The highest BCUT2D eigenvalue weighted by Gasteiger charge is 2.58. The Morgan fingerprint density at radius 2 is 1.85 bits per heavy atom. The zero-order chi connectivity index (χ0) is 19.2. The lowest BCUT2D eigenvalue weighted by Gasteiger charge is -2.27. The predicted molar refractivity (Wildman–Crippen MR) is 108 cm³/mol. The van der Waals surface area contributed by atoms with Gasteiger partial charge in [-0.3, -0.25) is 9.59 Å². The number of hydrogen-bond donors (Lipinski definition) is 0. The van der Waals surface area contributed by atoms with Gasteiger partial charge in [0.05, 0.1) is 7.11 Å². The number of ether oxygens (including phenoxy) is 1. The van der Waals surface area contributed by atoms with Crippen molar-refractivity contribution in [3.05, 3.63) is 24.3 Å². The molecule has 3 aliphatic carbocycles. The Balaban J connectivity index is 1.48. The first-order chi connectivity index (χ1) is 13.2. The van der Waals surface area contributed by atoms with Gasteiger partial charge in [-0.2, -0.15) is 0 Å². The van der Waals surface area contributed by atoms with Crippen LogP contribution in [0.25, 0.3) is 0 Å². The number of hydrogen-bond acceptors (Lipinski definition) is 3. The first-order valence-electron chi connectivity index (χ1n) is 11.1. The molecule has 3 nitrogen and oxygen atoms in total. The first kappa shape index (κ1) is 20.4. The summed E-state index contributed by atoms with van der Waals surface area (Å²) < 4.78 is 4.69. The molecule has 0 saturated heterocycles. The topological polar surface area (TPSA) is 43.4 Å². The summed E-state index contributed by atoms with van der Waals surface area (Å²) in [5.74, 6) is 3.45. The van der Waals surface area contributed by atoms with Crippen molar-refractivity contribution in [3.8, 4) is 0 Å². The largest absolute Gasteiger partial charge is 0.469 e. The summed E-state index contributed by atoms with van der Waals surface area (Å²) in [5, 5.41) is 0. The standard InChI is InChI=1S/C24H36O3/c1-3-4-8-12-20-19(11-9-6-5-7-10-13-21(25)27-2)22-17-14-15-18(16-17)23(22)24(20)26/h4,8,14-15,17-20,22-23H,3,5-7,9-13,16H2,1-2H3/b8-4-/t17-,18+,19+,20+,22-,23-/m0/s1. The summed E-state index contributed by atoms with van der Waals surface area (Å²) >= 11 is 0. The minimum absolute atomic E-state index is 0.0992. The molecule has 3 heteroatoms. The first-order valence-corrected chi connectivity index (χ1v) is 11.1. The lowest BCUT2D eigenvalue weighted by Crippen LogP contribution is -2.22. The molecule has 2 fully saturated rings. The highest BCUT2D eigenvalue weighted by atomic mass is 16.5. The van der Waals surface area contributed by atoms with Gasteiger partial charge in [-0.15, -0.1) is 0 Å². The Morgan fingerprint density at radius 1 is 1.11 bits per heavy atom. The zero-order valence-electron chi connectivity index (χ0n) is 17.1. The van der Waals surface area contributed by atoms with Crippen LogP contribution in [-0.4, -0.2) is 18.9 Å². The minimum Gasteiger partial charge on any atom is -0.469 e. The van der Waals surface area contributed by atoms with Gasteiger partial charge >= 0.3 is 5.97 Å². The van der Waals surface area contributed by atoms with Gasteiger partial charge in [0, 0.05) is 18.3 Å². The van der Waals surface area contributed by atoms with Crippen molar-refractivity contribution in [2.24, 2.45) is 35.5 Å². The van der Waals surface area contributed by atoms with Gasteiger partial charge in [0.1, 0.15) is 5.78 Å². The molecule has 2 saturated carbocycles. The van der Waals surface area contributed by atoms with Crippen LogP contribution < -0.4 is 0 Å². The van der Waals surface area contributed by atoms with Crippen LogP contribution in [0, 0.1) is 35.5 Å². The van der Waals surface area contributed by atoms with E-state index in [1.807, 2.05) is 0 Å². The summed E-state index contributed by atoms with van der Waals surface area (Å²) in [6.07, 6.45) is 19.8. The smallest absolute Gasteiger partial charge is 0.305 e. The maximum absolute atomic E-state index is 13.1. The van der Waals surface area contributed by atoms with E-state index in [0.29, 0.717) is 41.8 Å². The molecule has 27 heavy (non-hydrogen) atoms. The highest BCUT2D eigenvalue weighted by Crippen LogP contribution is 2.59. The summed E-state index contributed by atoms with van der Waals surface area (Å²) in [6, 6.07) is 0. The molecule has 3 aliphatic rings. The van der Waals surface area contributed by atoms with Crippen LogP contribution in [0.3, 0.4) is 0 Å². The van der Waals surface area contributed by atoms with Gasteiger partial charge in [0.2, 0.25) is 0 Å². The van der Waals surface area contributed by atoms with Crippen molar-refractivity contribution in [1.29, 1.82) is 0 Å². The van der Waals surface area contributed by atoms with Gasteiger partial charge in [0.15, 0.2) is 0 Å². The maximum atomic E-state index is 13.1. The molecule has 3 rings (SSSR count). The lowest BCUT2D eigenvalue weighted by molar-refractivity contribution is -0.140. The Labute approximate surface area is 164 Å². The third kappa shape index (κ3) is 4.55. The van der Waals surface area contributed by atoms with Crippen LogP contribution in [0.1, 0.15) is 71.1 Å². The number of unbranched alkanes of at least 4 members (excludes halogenated alkanes) is 4. The van der Waals surface area contributed by atoms with E-state index in [4.69, 9.17) is 0 Å². The van der Waals surface area contributed by atoms with Crippen molar-refractivity contribution >= 4 is 11.8 Å². The second-order valence-electron chi connectivity index (χ2n) is 8.72. The number of allylic oxidation sites excluding steroid dienone is 4. The Hall–Kier alpha value is -1.38. The summed E-state index contributed by atoms with van der Waals surface area (Å²) in [5.41, 5.74) is 0. The molecule has 150 valence electrons. The summed E-state index contributed by atoms with van der Waals surface area (Å²) in [4.78, 5) is 24.3. The Morgan fingerprint density at radius 3 is 2.63 bits per heavy atom. The second-order valence-corrected chi connectivity index (χ2v) is 8.72. The fourth-order valence-corrected chi connectivity index (χ4v) is 5.95. The van der Waals surface area contributed by atoms with E-state index in [1.54, 1.807) is 0 Å². The quantitative estimate of drug-likeness (QED) is 0.273. The number of methoxy groups -OCH3 is 1. The Kier molecular flexibility index (Phi) is 7.32. The van der Waals surface area contributed by atoms with Gasteiger partial charge in [-0.05, 0) is 55.8 Å². The number of esters is 1. The molecule has 0 aromatic rings. The molecule has 0 unspecified atom stereocenters. The monoisotopic (exact) mass is 372 g/mol. The van der Waals surface area contributed by atoms with E-state index in [1.165, 1.54) is 39.2 Å². The van der Waals surface area contributed by atoms with Gasteiger partial charge in [-0.25, -0.2) is 0 Å². The minimum atomic E-state index is -0.0992. The fraction of sp³-hybridized carbons (Fsp3) is 0.750. The third-order valence-electron chi connectivity index (χ3n) is 7.16. The predicted octanol–water partition coefficient (Wildman–Crippen LogP) is 5.50. The molecule has 0 N–H and O–H groups in total. The fourth-order valence-electron chi connectivity index (χ4n) is 5.95. The molecule has 0 amide bonds. The highest BCUT2D eigenvalue weighted by molar-refractivity contribution is 5.88. The molecule has 0 aromatic carbocycles. The zero-order valence-corrected chi connectivity index (χ0v) is 17.1. The SMILES string of the molecule is CC/C=C\C[C@H]1C(=O)[C@@H]2[C@H]([C@@H]1CCCCCCCC(=O)OC)[C@H]1C=C[C@@H]2C1. The molecule has 2 bridgehead atoms. The maximum Gasteiger partial charge on any atom is 0.305 e. The van der Waals surface area contributed by atoms with E-state index in [0.717, 1.165) is 25.7 Å². The number of carbonyl (C=O) groups is 2. The van der Waals surface area contributed by atoms with Crippen LogP contribution in [0.2, 0.25) is 0 Å². The van der Waals surface area contributed by atoms with Crippen LogP contribution in [0.4, 0.5) is 0 Å². The second kappa shape index (κ2) is 9.71. The molecule has 0 spiro atoms. The normalized spacial score (nSPS) is 33.9. The van der Waals surface area contributed by atoms with Crippen LogP contribution in [0.5, 0.6) is 0 Å².